The molecule has 0 bridgehead atoms. The van der Waals surface area contributed by atoms with Gasteiger partial charge in [0.05, 0.1) is 5.75 Å². The number of nitrogens with zero attached hydrogens (tertiary/aromatic N) is 4. The minimum absolute atomic E-state index is 0.0127. The smallest absolute Gasteiger partial charge is 0.191 e. The lowest BCUT2D eigenvalue weighted by Crippen LogP contribution is -2.06. The molecule has 0 spiro atoms. The maximum Gasteiger partial charge on any atom is 0.191 e. The van der Waals surface area contributed by atoms with E-state index in [1.165, 1.54) is 23.9 Å². The molecule has 124 valence electrons. The van der Waals surface area contributed by atoms with Crippen molar-refractivity contribution in [2.45, 2.75) is 19.0 Å². The van der Waals surface area contributed by atoms with Gasteiger partial charge >= 0.3 is 0 Å². The minimum atomic E-state index is -0.300. The third-order valence-corrected chi connectivity index (χ3v) is 4.83. The van der Waals surface area contributed by atoms with Crippen LogP contribution in [-0.2, 0) is 7.05 Å². The van der Waals surface area contributed by atoms with Crippen LogP contribution in [0.3, 0.4) is 0 Å². The lowest BCUT2D eigenvalue weighted by Gasteiger charge is -2.10. The molecule has 3 rings (SSSR count). The minimum Gasteiger partial charge on any atom is -0.318 e. The molecule has 3 aromatic rings. The van der Waals surface area contributed by atoms with Crippen LogP contribution in [0, 0.1) is 19.7 Å². The quantitative estimate of drug-likeness (QED) is 0.526. The van der Waals surface area contributed by atoms with E-state index in [-0.39, 0.29) is 17.4 Å². The highest BCUT2D eigenvalue weighted by molar-refractivity contribution is 7.99. The van der Waals surface area contributed by atoms with E-state index < -0.39 is 0 Å². The second kappa shape index (κ2) is 6.60. The number of aromatic nitrogens is 4. The fourth-order valence-electron chi connectivity index (χ4n) is 2.67. The molecule has 0 aliphatic rings. The molecule has 5 nitrogen and oxygen atoms in total. The number of benzene rings is 1. The second-order valence-corrected chi connectivity index (χ2v) is 6.48. The van der Waals surface area contributed by atoms with Gasteiger partial charge in [-0.15, -0.1) is 10.2 Å². The highest BCUT2D eigenvalue weighted by Gasteiger charge is 2.18. The number of carbonyl (C=O) groups excluding carboxylic acids is 1. The monoisotopic (exact) mass is 344 g/mol. The summed E-state index contributed by atoms with van der Waals surface area (Å²) >= 11 is 1.35. The molecule has 1 aromatic carbocycles. The number of Topliss-reactive ketones (excluding diaryl/α,β-unsaturated/α-hetero) is 1. The summed E-state index contributed by atoms with van der Waals surface area (Å²) in [5, 5.41) is 8.45. The lowest BCUT2D eigenvalue weighted by atomic mass is 10.2. The van der Waals surface area contributed by atoms with Gasteiger partial charge in [-0.2, -0.15) is 0 Å². The van der Waals surface area contributed by atoms with E-state index >= 15 is 0 Å². The van der Waals surface area contributed by atoms with Crippen LogP contribution in [0.1, 0.15) is 21.7 Å². The Bertz CT molecular complexity index is 900. The Morgan fingerprint density at radius 3 is 2.75 bits per heavy atom. The molecule has 2 aromatic heterocycles. The van der Waals surface area contributed by atoms with E-state index in [1.54, 1.807) is 17.0 Å². The first kappa shape index (κ1) is 16.4. The molecule has 0 saturated heterocycles. The third-order valence-electron chi connectivity index (χ3n) is 3.80. The van der Waals surface area contributed by atoms with Gasteiger partial charge in [0.1, 0.15) is 12.1 Å². The SMILES string of the molecule is Cc1cc(C(=O)CSc2nncn2C)c(C)n1-c1cccc(F)c1. The van der Waals surface area contributed by atoms with Crippen LogP contribution < -0.4 is 0 Å². The van der Waals surface area contributed by atoms with Crippen molar-refractivity contribution in [2.75, 3.05) is 5.75 Å². The van der Waals surface area contributed by atoms with Gasteiger partial charge in [-0.3, -0.25) is 4.79 Å². The van der Waals surface area contributed by atoms with E-state index in [2.05, 4.69) is 10.2 Å². The Labute approximate surface area is 143 Å². The van der Waals surface area contributed by atoms with E-state index in [0.717, 1.165) is 11.4 Å². The molecule has 0 unspecified atom stereocenters. The van der Waals surface area contributed by atoms with Crippen molar-refractivity contribution in [1.29, 1.82) is 0 Å². The van der Waals surface area contributed by atoms with E-state index in [9.17, 15) is 9.18 Å². The first-order valence-corrected chi connectivity index (χ1v) is 8.41. The van der Waals surface area contributed by atoms with Crippen molar-refractivity contribution in [3.63, 3.8) is 0 Å². The molecule has 2 heterocycles. The number of thioether (sulfide) groups is 1. The normalized spacial score (nSPS) is 11.0. The summed E-state index contributed by atoms with van der Waals surface area (Å²) in [6.07, 6.45) is 1.60. The third kappa shape index (κ3) is 3.12. The van der Waals surface area contributed by atoms with Gasteiger partial charge in [-0.05, 0) is 38.1 Å². The molecule has 0 atom stereocenters. The molecular weight excluding hydrogens is 327 g/mol. The Balaban J connectivity index is 1.85. The molecule has 0 N–H and O–H groups in total. The zero-order valence-corrected chi connectivity index (χ0v) is 14.5. The number of aryl methyl sites for hydroxylation is 2. The summed E-state index contributed by atoms with van der Waals surface area (Å²) in [6.45, 7) is 3.78. The highest BCUT2D eigenvalue weighted by atomic mass is 32.2. The second-order valence-electron chi connectivity index (χ2n) is 5.54. The summed E-state index contributed by atoms with van der Waals surface area (Å²) in [5.74, 6) is -0.00977. The fraction of sp³-hybridized carbons (Fsp3) is 0.235. The van der Waals surface area contributed by atoms with Crippen LogP contribution in [0.25, 0.3) is 5.69 Å². The number of ketones is 1. The Kier molecular flexibility index (Phi) is 4.53. The Hall–Kier alpha value is -2.41. The topological polar surface area (TPSA) is 52.7 Å². The summed E-state index contributed by atoms with van der Waals surface area (Å²) in [7, 11) is 1.84. The van der Waals surface area contributed by atoms with Crippen molar-refractivity contribution >= 4 is 17.5 Å². The molecule has 0 fully saturated rings. The number of halogens is 1. The molecule has 7 heteroatoms. The average Bonchev–Trinajstić information content (AvgIpc) is 3.08. The Morgan fingerprint density at radius 2 is 2.08 bits per heavy atom. The van der Waals surface area contributed by atoms with E-state index in [1.807, 2.05) is 37.6 Å². The van der Waals surface area contributed by atoms with Crippen LogP contribution >= 0.6 is 11.8 Å². The molecule has 0 aliphatic heterocycles. The summed E-state index contributed by atoms with van der Waals surface area (Å²) in [4.78, 5) is 12.6. The molecule has 0 aliphatic carbocycles. The highest BCUT2D eigenvalue weighted by Crippen LogP contribution is 2.24. The predicted molar refractivity (Wildman–Crippen MR) is 91.3 cm³/mol. The average molecular weight is 344 g/mol. The molecule has 0 saturated carbocycles. The summed E-state index contributed by atoms with van der Waals surface area (Å²) in [5.41, 5.74) is 3.06. The first-order chi connectivity index (χ1) is 11.5. The largest absolute Gasteiger partial charge is 0.318 e. The summed E-state index contributed by atoms with van der Waals surface area (Å²) < 4.78 is 17.2. The first-order valence-electron chi connectivity index (χ1n) is 7.42. The van der Waals surface area contributed by atoms with E-state index in [4.69, 9.17) is 0 Å². The van der Waals surface area contributed by atoms with Crippen molar-refractivity contribution < 1.29 is 9.18 Å². The van der Waals surface area contributed by atoms with Gasteiger partial charge in [0.2, 0.25) is 0 Å². The number of hydrogen-bond acceptors (Lipinski definition) is 4. The van der Waals surface area contributed by atoms with Crippen LogP contribution in [0.15, 0.2) is 41.8 Å². The Morgan fingerprint density at radius 1 is 1.29 bits per heavy atom. The molecule has 0 amide bonds. The van der Waals surface area contributed by atoms with Crippen molar-refractivity contribution in [2.24, 2.45) is 7.05 Å². The number of hydrogen-bond donors (Lipinski definition) is 0. The number of rotatable bonds is 5. The molecule has 24 heavy (non-hydrogen) atoms. The van der Waals surface area contributed by atoms with Gasteiger partial charge in [0.15, 0.2) is 10.9 Å². The zero-order chi connectivity index (χ0) is 17.3. The molecular formula is C17H17FN4OS. The lowest BCUT2D eigenvalue weighted by molar-refractivity contribution is 0.102. The van der Waals surface area contributed by atoms with Gasteiger partial charge in [0.25, 0.3) is 0 Å². The van der Waals surface area contributed by atoms with Gasteiger partial charge in [-0.25, -0.2) is 4.39 Å². The predicted octanol–water partition coefficient (Wildman–Crippen LogP) is 3.34. The molecule has 0 radical (unpaired) electrons. The van der Waals surface area contributed by atoms with Crippen LogP contribution in [0.4, 0.5) is 4.39 Å². The number of carbonyl (C=O) groups is 1. The van der Waals surface area contributed by atoms with Crippen molar-refractivity contribution in [3.05, 3.63) is 59.4 Å². The van der Waals surface area contributed by atoms with Crippen LogP contribution in [0.5, 0.6) is 0 Å². The fourth-order valence-corrected chi connectivity index (χ4v) is 3.44. The van der Waals surface area contributed by atoms with Gasteiger partial charge in [0, 0.05) is 29.7 Å². The van der Waals surface area contributed by atoms with Crippen molar-refractivity contribution in [1.82, 2.24) is 19.3 Å². The maximum atomic E-state index is 13.5. The maximum absolute atomic E-state index is 13.5. The van der Waals surface area contributed by atoms with Crippen molar-refractivity contribution in [3.8, 4) is 5.69 Å². The summed E-state index contributed by atoms with van der Waals surface area (Å²) in [6, 6.07) is 8.20. The van der Waals surface area contributed by atoms with Gasteiger partial charge < -0.3 is 9.13 Å². The van der Waals surface area contributed by atoms with Gasteiger partial charge in [-0.1, -0.05) is 17.8 Å². The van der Waals surface area contributed by atoms with Crippen LogP contribution in [0.2, 0.25) is 0 Å². The standard InChI is InChI=1S/C17H17FN4OS/c1-11-7-15(16(23)9-24-17-20-19-10-21(17)3)12(2)22(11)14-6-4-5-13(18)8-14/h4-8,10H,9H2,1-3H3. The zero-order valence-electron chi connectivity index (χ0n) is 13.7. The van der Waals surface area contributed by atoms with Crippen LogP contribution in [-0.4, -0.2) is 30.9 Å². The van der Waals surface area contributed by atoms with E-state index in [0.29, 0.717) is 16.4 Å².